The summed E-state index contributed by atoms with van der Waals surface area (Å²) in [4.78, 5) is 48.5. The molecule has 1 atom stereocenters. The zero-order valence-corrected chi connectivity index (χ0v) is 16.5. The summed E-state index contributed by atoms with van der Waals surface area (Å²) >= 11 is 6.98. The molecule has 1 aliphatic heterocycles. The molecular formula is C18H19ClN2O6S. The maximum Gasteiger partial charge on any atom is 0.308 e. The molecule has 1 N–H and O–H groups in total. The van der Waals surface area contributed by atoms with Crippen molar-refractivity contribution in [3.8, 4) is 0 Å². The van der Waals surface area contributed by atoms with Gasteiger partial charge in [-0.3, -0.25) is 23.7 Å². The molecule has 1 amide bonds. The number of hydrogen-bond acceptors (Lipinski definition) is 6. The quantitative estimate of drug-likeness (QED) is 0.709. The average molecular weight is 427 g/mol. The maximum absolute atomic E-state index is 12.7. The average Bonchev–Trinajstić information content (AvgIpc) is 2.94. The van der Waals surface area contributed by atoms with Crippen molar-refractivity contribution in [1.29, 1.82) is 0 Å². The van der Waals surface area contributed by atoms with Crippen LogP contribution in [0.1, 0.15) is 25.7 Å². The second-order valence-electron chi connectivity index (χ2n) is 6.55. The number of likely N-dealkylation sites (tertiary alicyclic amines) is 1. The number of carbonyl (C=O) groups excluding carboxylic acids is 2. The Hall–Kier alpha value is -2.39. The predicted molar refractivity (Wildman–Crippen MR) is 104 cm³/mol. The van der Waals surface area contributed by atoms with Crippen molar-refractivity contribution in [3.05, 3.63) is 32.9 Å². The Bertz CT molecular complexity index is 969. The summed E-state index contributed by atoms with van der Waals surface area (Å²) in [5.74, 6) is -1.88. The van der Waals surface area contributed by atoms with Gasteiger partial charge < -0.3 is 14.7 Å². The third-order valence-corrected chi connectivity index (χ3v) is 5.67. The number of carboxylic acid groups (broad SMARTS) is 1. The van der Waals surface area contributed by atoms with E-state index in [1.807, 2.05) is 0 Å². The molecule has 1 fully saturated rings. The number of nitrogens with zero attached hydrogens (tertiary/aromatic N) is 2. The number of halogens is 1. The van der Waals surface area contributed by atoms with E-state index in [1.54, 1.807) is 23.1 Å². The number of rotatable bonds is 6. The van der Waals surface area contributed by atoms with Gasteiger partial charge in [-0.15, -0.1) is 0 Å². The molecule has 1 aromatic heterocycles. The minimum absolute atomic E-state index is 0.0971. The topological polar surface area (TPSA) is 106 Å². The fraction of sp³-hybridized carbons (Fsp3) is 0.444. The van der Waals surface area contributed by atoms with E-state index in [9.17, 15) is 19.2 Å². The van der Waals surface area contributed by atoms with Gasteiger partial charge in [0.25, 0.3) is 0 Å². The molecule has 0 radical (unpaired) electrons. The van der Waals surface area contributed by atoms with Crippen LogP contribution in [0.3, 0.4) is 0 Å². The zero-order valence-electron chi connectivity index (χ0n) is 14.9. The van der Waals surface area contributed by atoms with E-state index < -0.39 is 18.0 Å². The molecule has 8 nitrogen and oxygen atoms in total. The molecule has 0 bridgehead atoms. The van der Waals surface area contributed by atoms with Crippen LogP contribution in [-0.2, 0) is 25.7 Å². The van der Waals surface area contributed by atoms with Crippen molar-refractivity contribution in [2.75, 3.05) is 13.1 Å². The predicted octanol–water partition coefficient (Wildman–Crippen LogP) is 2.12. The van der Waals surface area contributed by atoms with E-state index in [4.69, 9.17) is 21.4 Å². The first-order chi connectivity index (χ1) is 13.3. The minimum Gasteiger partial charge on any atom is -0.481 e. The number of benzene rings is 1. The van der Waals surface area contributed by atoms with Gasteiger partial charge in [0.15, 0.2) is 0 Å². The summed E-state index contributed by atoms with van der Waals surface area (Å²) in [6.45, 7) is 0.658. The van der Waals surface area contributed by atoms with Crippen molar-refractivity contribution in [2.45, 2.75) is 38.3 Å². The second kappa shape index (κ2) is 8.74. The number of carbonyl (C=O) groups is 3. The lowest BCUT2D eigenvalue weighted by Gasteiger charge is -2.32. The summed E-state index contributed by atoms with van der Waals surface area (Å²) in [5, 5.41) is 9.15. The summed E-state index contributed by atoms with van der Waals surface area (Å²) in [5.41, 5.74) is 0.654. The molecule has 2 aromatic rings. The number of thiazole rings is 1. The second-order valence-corrected chi connectivity index (χ2v) is 7.98. The zero-order chi connectivity index (χ0) is 20.3. The largest absolute Gasteiger partial charge is 0.481 e. The Labute approximate surface area is 169 Å². The molecule has 0 spiro atoms. The third kappa shape index (κ3) is 4.90. The number of piperidine rings is 1. The molecule has 10 heteroatoms. The van der Waals surface area contributed by atoms with Gasteiger partial charge in [0, 0.05) is 11.6 Å². The molecule has 3 rings (SSSR count). The molecule has 1 aliphatic rings. The fourth-order valence-electron chi connectivity index (χ4n) is 3.14. The molecule has 1 aromatic carbocycles. The summed E-state index contributed by atoms with van der Waals surface area (Å²) in [6.07, 6.45) is 0.332. The highest BCUT2D eigenvalue weighted by atomic mass is 35.5. The number of amides is 1. The molecule has 1 unspecified atom stereocenters. The summed E-state index contributed by atoms with van der Waals surface area (Å²) < 4.78 is 7.42. The smallest absolute Gasteiger partial charge is 0.308 e. The van der Waals surface area contributed by atoms with Crippen molar-refractivity contribution in [1.82, 2.24) is 9.47 Å². The third-order valence-electron chi connectivity index (χ3n) is 4.50. The van der Waals surface area contributed by atoms with E-state index in [-0.39, 0.29) is 36.7 Å². The Morgan fingerprint density at radius 2 is 2.07 bits per heavy atom. The standard InChI is InChI=1S/C18H19ClN2O6S/c19-11-3-4-13-14(8-11)28-18(26)21(13)10-15(22)20-7-1-2-12(9-20)27-17(25)6-5-16(23)24/h3-4,8,12H,1-2,5-7,9-10H2,(H,23,24). The first kappa shape index (κ1) is 20.3. The van der Waals surface area contributed by atoms with Crippen molar-refractivity contribution >= 4 is 51.0 Å². The molecule has 2 heterocycles. The van der Waals surface area contributed by atoms with Crippen molar-refractivity contribution in [3.63, 3.8) is 0 Å². The lowest BCUT2D eigenvalue weighted by molar-refractivity contribution is -0.156. The van der Waals surface area contributed by atoms with Crippen LogP contribution in [-0.4, -0.2) is 51.6 Å². The Balaban J connectivity index is 1.63. The van der Waals surface area contributed by atoms with Crippen molar-refractivity contribution < 1.29 is 24.2 Å². The van der Waals surface area contributed by atoms with Crippen molar-refractivity contribution in [2.24, 2.45) is 0 Å². The number of fused-ring (bicyclic) bond motifs is 1. The van der Waals surface area contributed by atoms with Gasteiger partial charge in [-0.25, -0.2) is 0 Å². The van der Waals surface area contributed by atoms with E-state index in [2.05, 4.69) is 0 Å². The van der Waals surface area contributed by atoms with Gasteiger partial charge in [-0.1, -0.05) is 22.9 Å². The van der Waals surface area contributed by atoms with Gasteiger partial charge >= 0.3 is 16.8 Å². The lowest BCUT2D eigenvalue weighted by Crippen LogP contribution is -2.45. The molecule has 150 valence electrons. The molecule has 28 heavy (non-hydrogen) atoms. The first-order valence-corrected chi connectivity index (χ1v) is 10.0. The van der Waals surface area contributed by atoms with Crippen LogP contribution >= 0.6 is 22.9 Å². The van der Waals surface area contributed by atoms with Crippen LogP contribution in [0.5, 0.6) is 0 Å². The van der Waals surface area contributed by atoms with Gasteiger partial charge in [0.05, 0.1) is 29.6 Å². The van der Waals surface area contributed by atoms with E-state index >= 15 is 0 Å². The number of carboxylic acids is 1. The molecular weight excluding hydrogens is 408 g/mol. The first-order valence-electron chi connectivity index (χ1n) is 8.81. The number of aromatic nitrogens is 1. The van der Waals surface area contributed by atoms with Gasteiger partial charge in [-0.2, -0.15) is 0 Å². The molecule has 0 aliphatic carbocycles. The number of aliphatic carboxylic acids is 1. The Kier molecular flexibility index (Phi) is 6.35. The summed E-state index contributed by atoms with van der Waals surface area (Å²) in [6, 6.07) is 5.08. The fourth-order valence-corrected chi connectivity index (χ4v) is 4.31. The van der Waals surface area contributed by atoms with Crippen LogP contribution < -0.4 is 4.87 Å². The van der Waals surface area contributed by atoms with Crippen LogP contribution in [0.15, 0.2) is 23.0 Å². The number of hydrogen-bond donors (Lipinski definition) is 1. The Morgan fingerprint density at radius 1 is 1.29 bits per heavy atom. The normalized spacial score (nSPS) is 16.9. The van der Waals surface area contributed by atoms with E-state index in [0.717, 1.165) is 11.3 Å². The molecule has 0 saturated carbocycles. The van der Waals surface area contributed by atoms with Crippen LogP contribution in [0.25, 0.3) is 10.2 Å². The molecule has 1 saturated heterocycles. The van der Waals surface area contributed by atoms with Crippen LogP contribution in [0, 0.1) is 0 Å². The highest BCUT2D eigenvalue weighted by Crippen LogP contribution is 2.22. The van der Waals surface area contributed by atoms with Crippen LogP contribution in [0.4, 0.5) is 0 Å². The van der Waals surface area contributed by atoms with Crippen LogP contribution in [0.2, 0.25) is 5.02 Å². The van der Waals surface area contributed by atoms with E-state index in [0.29, 0.717) is 34.6 Å². The maximum atomic E-state index is 12.7. The highest BCUT2D eigenvalue weighted by Gasteiger charge is 2.27. The monoisotopic (exact) mass is 426 g/mol. The highest BCUT2D eigenvalue weighted by molar-refractivity contribution is 7.16. The van der Waals surface area contributed by atoms with Gasteiger partial charge in [0.1, 0.15) is 12.6 Å². The SMILES string of the molecule is O=C(O)CCC(=O)OC1CCCN(C(=O)Cn2c(=O)sc3cc(Cl)ccc32)C1. The summed E-state index contributed by atoms with van der Waals surface area (Å²) in [7, 11) is 0. The van der Waals surface area contributed by atoms with Gasteiger partial charge in [-0.05, 0) is 31.0 Å². The van der Waals surface area contributed by atoms with Gasteiger partial charge in [0.2, 0.25) is 5.91 Å². The number of esters is 1. The number of ether oxygens (including phenoxy) is 1. The minimum atomic E-state index is -1.06. The lowest BCUT2D eigenvalue weighted by atomic mass is 10.1. The Morgan fingerprint density at radius 3 is 2.82 bits per heavy atom. The van der Waals surface area contributed by atoms with E-state index in [1.165, 1.54) is 4.57 Å².